The van der Waals surface area contributed by atoms with Gasteiger partial charge in [-0.25, -0.2) is 0 Å². The summed E-state index contributed by atoms with van der Waals surface area (Å²) in [6, 6.07) is 0. The maximum atomic E-state index is 5.17. The molecule has 0 saturated heterocycles. The molecule has 0 bridgehead atoms. The van der Waals surface area contributed by atoms with E-state index in [4.69, 9.17) is 9.47 Å². The van der Waals surface area contributed by atoms with Crippen molar-refractivity contribution >= 4 is 48.6 Å². The number of aryl methyl sites for hydroxylation is 2. The van der Waals surface area contributed by atoms with Gasteiger partial charge in [-0.1, -0.05) is 0 Å². The standard InChI is InChI=1S/C8H12O2S.I2/c1-5-7(9-3)8(10-4)6(2)11-5;1-2/h1-4H3;. The number of hydrogen-bond acceptors (Lipinski definition) is 3. The highest BCUT2D eigenvalue weighted by molar-refractivity contribution is 15.0. The molecule has 0 radical (unpaired) electrons. The fourth-order valence-corrected chi connectivity index (χ4v) is 2.11. The second-order valence-corrected chi connectivity index (χ2v) is 3.71. The Bertz CT molecular complexity index is 236. The first-order valence-corrected chi connectivity index (χ1v) is 10.6. The van der Waals surface area contributed by atoms with Crippen molar-refractivity contribution in [3.63, 3.8) is 0 Å². The summed E-state index contributed by atoms with van der Waals surface area (Å²) in [6.45, 7) is 4.05. The Morgan fingerprint density at radius 1 is 0.923 bits per heavy atom. The molecule has 2 nitrogen and oxygen atoms in total. The summed E-state index contributed by atoms with van der Waals surface area (Å²) in [6.07, 6.45) is 0. The van der Waals surface area contributed by atoms with Gasteiger partial charge in [0.15, 0.2) is 11.5 Å². The highest BCUT2D eigenvalue weighted by atomic mass is 128. The van der Waals surface area contributed by atoms with Crippen molar-refractivity contribution in [3.8, 4) is 11.5 Å². The lowest BCUT2D eigenvalue weighted by Crippen LogP contribution is -1.88. The molecule has 76 valence electrons. The second kappa shape index (κ2) is 7.10. The first-order chi connectivity index (χ1) is 6.20. The Kier molecular flexibility index (Phi) is 7.52. The van der Waals surface area contributed by atoms with Crippen LogP contribution in [0.3, 0.4) is 0 Å². The van der Waals surface area contributed by atoms with E-state index in [1.807, 2.05) is 13.8 Å². The van der Waals surface area contributed by atoms with E-state index in [0.29, 0.717) is 0 Å². The molecule has 5 heteroatoms. The monoisotopic (exact) mass is 426 g/mol. The van der Waals surface area contributed by atoms with Gasteiger partial charge in [-0.2, -0.15) is 0 Å². The zero-order valence-electron chi connectivity index (χ0n) is 7.98. The van der Waals surface area contributed by atoms with Crippen LogP contribution in [0, 0.1) is 13.8 Å². The number of ether oxygens (including phenoxy) is 2. The first-order valence-electron chi connectivity index (χ1n) is 3.53. The lowest BCUT2D eigenvalue weighted by Gasteiger charge is -2.02. The van der Waals surface area contributed by atoms with Gasteiger partial charge in [-0.05, 0) is 13.8 Å². The first kappa shape index (κ1) is 13.8. The number of halogens is 2. The lowest BCUT2D eigenvalue weighted by molar-refractivity contribution is 0.355. The third-order valence-electron chi connectivity index (χ3n) is 1.56. The fourth-order valence-electron chi connectivity index (χ4n) is 1.11. The van der Waals surface area contributed by atoms with Gasteiger partial charge in [0.05, 0.1) is 14.2 Å². The highest BCUT2D eigenvalue weighted by Gasteiger charge is 2.12. The van der Waals surface area contributed by atoms with Crippen LogP contribution in [0.15, 0.2) is 0 Å². The van der Waals surface area contributed by atoms with Crippen molar-refractivity contribution in [1.82, 2.24) is 0 Å². The molecule has 0 saturated carbocycles. The average Bonchev–Trinajstić information content (AvgIpc) is 2.43. The summed E-state index contributed by atoms with van der Waals surface area (Å²) < 4.78 is 10.3. The molecule has 1 aromatic heterocycles. The van der Waals surface area contributed by atoms with Gasteiger partial charge in [0.2, 0.25) is 0 Å². The average molecular weight is 426 g/mol. The molecule has 0 unspecified atom stereocenters. The Morgan fingerprint density at radius 2 is 1.23 bits per heavy atom. The highest BCUT2D eigenvalue weighted by Crippen LogP contribution is 2.40. The van der Waals surface area contributed by atoms with Crippen molar-refractivity contribution in [2.75, 3.05) is 14.2 Å². The van der Waals surface area contributed by atoms with Crippen LogP contribution in [0.1, 0.15) is 9.75 Å². The fraction of sp³-hybridized carbons (Fsp3) is 0.500. The SMILES string of the molecule is COc1c(C)sc(C)c1OC.II. The maximum absolute atomic E-state index is 5.17. The Hall–Kier alpha value is 0.760. The summed E-state index contributed by atoms with van der Waals surface area (Å²) in [4.78, 5) is 2.34. The van der Waals surface area contributed by atoms with Gasteiger partial charge in [-0.3, -0.25) is 0 Å². The van der Waals surface area contributed by atoms with Crippen LogP contribution in [0.5, 0.6) is 11.5 Å². The van der Waals surface area contributed by atoms with Crippen molar-refractivity contribution in [2.45, 2.75) is 13.8 Å². The summed E-state index contributed by atoms with van der Waals surface area (Å²) in [5.74, 6) is 1.74. The van der Waals surface area contributed by atoms with Crippen molar-refractivity contribution < 1.29 is 9.47 Å². The molecule has 1 aromatic rings. The van der Waals surface area contributed by atoms with E-state index in [1.54, 1.807) is 25.6 Å². The molecule has 0 atom stereocenters. The second-order valence-electron chi connectivity index (χ2n) is 2.28. The lowest BCUT2D eigenvalue weighted by atomic mass is 10.4. The Labute approximate surface area is 106 Å². The van der Waals surface area contributed by atoms with E-state index in [9.17, 15) is 0 Å². The van der Waals surface area contributed by atoms with Crippen molar-refractivity contribution in [1.29, 1.82) is 0 Å². The molecule has 0 N–H and O–H groups in total. The summed E-state index contributed by atoms with van der Waals surface area (Å²) >= 11 is 5.94. The van der Waals surface area contributed by atoms with Gasteiger partial charge in [0, 0.05) is 47.0 Å². The molecule has 1 heterocycles. The minimum Gasteiger partial charge on any atom is -0.492 e. The third kappa shape index (κ3) is 3.43. The van der Waals surface area contributed by atoms with E-state index in [-0.39, 0.29) is 0 Å². The third-order valence-corrected chi connectivity index (χ3v) is 2.54. The summed E-state index contributed by atoms with van der Waals surface area (Å²) in [5, 5.41) is 0. The topological polar surface area (TPSA) is 18.5 Å². The van der Waals surface area contributed by atoms with Gasteiger partial charge in [0.25, 0.3) is 0 Å². The van der Waals surface area contributed by atoms with Crippen LogP contribution in [0.2, 0.25) is 0 Å². The maximum Gasteiger partial charge on any atom is 0.174 e. The summed E-state index contributed by atoms with van der Waals surface area (Å²) in [7, 11) is 3.33. The Morgan fingerprint density at radius 3 is 1.46 bits per heavy atom. The number of hydrogen-bond donors (Lipinski definition) is 0. The predicted molar refractivity (Wildman–Crippen MR) is 74.9 cm³/mol. The van der Waals surface area contributed by atoms with E-state index < -0.39 is 0 Å². The Balaban J connectivity index is 0.000000671. The number of methoxy groups -OCH3 is 2. The minimum atomic E-state index is 0.870. The molecular weight excluding hydrogens is 414 g/mol. The smallest absolute Gasteiger partial charge is 0.174 e. The quantitative estimate of drug-likeness (QED) is 0.662. The molecule has 0 fully saturated rings. The molecule has 0 aliphatic rings. The van der Waals surface area contributed by atoms with Crippen molar-refractivity contribution in [3.05, 3.63) is 9.75 Å². The molecular formula is C8H12I2O2S. The van der Waals surface area contributed by atoms with E-state index in [1.165, 1.54) is 9.75 Å². The molecule has 0 amide bonds. The zero-order valence-corrected chi connectivity index (χ0v) is 13.1. The number of rotatable bonds is 2. The van der Waals surface area contributed by atoms with Crippen molar-refractivity contribution in [2.24, 2.45) is 0 Å². The van der Waals surface area contributed by atoms with E-state index in [2.05, 4.69) is 37.2 Å². The van der Waals surface area contributed by atoms with Crippen LogP contribution >= 0.6 is 48.6 Å². The van der Waals surface area contributed by atoms with Crippen LogP contribution in [0.25, 0.3) is 0 Å². The van der Waals surface area contributed by atoms with Gasteiger partial charge >= 0.3 is 0 Å². The van der Waals surface area contributed by atoms with E-state index >= 15 is 0 Å². The number of thiophene rings is 1. The molecule has 1 rings (SSSR count). The molecule has 0 spiro atoms. The normalized spacial score (nSPS) is 8.77. The summed E-state index contributed by atoms with van der Waals surface area (Å²) in [5.41, 5.74) is 0. The van der Waals surface area contributed by atoms with Crippen LogP contribution in [-0.4, -0.2) is 14.2 Å². The molecule has 13 heavy (non-hydrogen) atoms. The minimum absolute atomic E-state index is 0.870. The van der Waals surface area contributed by atoms with Gasteiger partial charge < -0.3 is 9.47 Å². The van der Waals surface area contributed by atoms with Gasteiger partial charge in [0.1, 0.15) is 0 Å². The zero-order chi connectivity index (χ0) is 10.4. The van der Waals surface area contributed by atoms with E-state index in [0.717, 1.165) is 11.5 Å². The molecule has 0 aliphatic heterocycles. The predicted octanol–water partition coefficient (Wildman–Crippen LogP) is 4.15. The van der Waals surface area contributed by atoms with Gasteiger partial charge in [-0.15, -0.1) is 11.3 Å². The largest absolute Gasteiger partial charge is 0.492 e. The molecule has 0 aliphatic carbocycles. The molecule has 0 aromatic carbocycles. The van der Waals surface area contributed by atoms with Crippen LogP contribution < -0.4 is 9.47 Å². The van der Waals surface area contributed by atoms with Crippen LogP contribution in [-0.2, 0) is 0 Å². The van der Waals surface area contributed by atoms with Crippen LogP contribution in [0.4, 0.5) is 0 Å².